The summed E-state index contributed by atoms with van der Waals surface area (Å²) in [5, 5.41) is 4.56. The molecule has 104 valence electrons. The maximum absolute atomic E-state index is 6.08. The quantitative estimate of drug-likeness (QED) is 0.814. The molecule has 4 nitrogen and oxygen atoms in total. The number of hydrogen-bond acceptors (Lipinski definition) is 3. The highest BCUT2D eigenvalue weighted by Gasteiger charge is 2.22. The normalized spacial score (nSPS) is 19.6. The maximum atomic E-state index is 6.08. The number of imidazole rings is 1. The molecular weight excluding hydrogens is 280 g/mol. The summed E-state index contributed by atoms with van der Waals surface area (Å²) in [5.74, 6) is 4.72. The minimum Gasteiger partial charge on any atom is -0.312 e. The van der Waals surface area contributed by atoms with Gasteiger partial charge in [-0.25, -0.2) is 4.98 Å². The third-order valence-electron chi connectivity index (χ3n) is 3.79. The fourth-order valence-corrected chi connectivity index (χ4v) is 4.28. The minimum atomic E-state index is 0.470. The zero-order valence-corrected chi connectivity index (χ0v) is 13.0. The molecule has 1 atom stereocenters. The lowest BCUT2D eigenvalue weighted by Gasteiger charge is -2.12. The predicted octanol–water partition coefficient (Wildman–Crippen LogP) is 2.82. The van der Waals surface area contributed by atoms with Crippen molar-refractivity contribution in [3.05, 3.63) is 11.5 Å². The molecule has 6 heteroatoms. The highest BCUT2D eigenvalue weighted by atomic mass is 35.5. The lowest BCUT2D eigenvalue weighted by Crippen LogP contribution is -2.14. The van der Waals surface area contributed by atoms with Crippen LogP contribution in [0, 0.1) is 5.92 Å². The Kier molecular flexibility index (Phi) is 3.76. The van der Waals surface area contributed by atoms with Crippen LogP contribution in [0.1, 0.15) is 24.9 Å². The van der Waals surface area contributed by atoms with Gasteiger partial charge >= 0.3 is 0 Å². The van der Waals surface area contributed by atoms with E-state index in [1.54, 1.807) is 0 Å². The summed E-state index contributed by atoms with van der Waals surface area (Å²) in [7, 11) is 2.00. The van der Waals surface area contributed by atoms with E-state index < -0.39 is 0 Å². The van der Waals surface area contributed by atoms with Gasteiger partial charge in [0.2, 0.25) is 0 Å². The molecule has 0 aromatic carbocycles. The van der Waals surface area contributed by atoms with Crippen molar-refractivity contribution in [3.8, 4) is 0 Å². The summed E-state index contributed by atoms with van der Waals surface area (Å²) >= 11 is 8.12. The SMILES string of the molecule is CCc1nn(C)c2c1nc(CCl)n2CC1CCSC1. The molecule has 0 bridgehead atoms. The van der Waals surface area contributed by atoms with Gasteiger partial charge in [0.25, 0.3) is 0 Å². The van der Waals surface area contributed by atoms with Crippen LogP contribution in [0.15, 0.2) is 0 Å². The van der Waals surface area contributed by atoms with Gasteiger partial charge in [-0.15, -0.1) is 11.6 Å². The van der Waals surface area contributed by atoms with Crippen molar-refractivity contribution in [2.75, 3.05) is 11.5 Å². The molecule has 1 saturated heterocycles. The third kappa shape index (κ3) is 2.27. The Bertz CT molecular complexity index is 583. The van der Waals surface area contributed by atoms with Gasteiger partial charge in [-0.3, -0.25) is 4.68 Å². The summed E-state index contributed by atoms with van der Waals surface area (Å²) < 4.78 is 4.24. The Balaban J connectivity index is 2.06. The standard InChI is InChI=1S/C13H19ClN4S/c1-3-10-12-13(17(2)16-10)18(11(6-14)15-12)7-9-4-5-19-8-9/h9H,3-8H2,1-2H3. The molecule has 2 aromatic rings. The Morgan fingerprint density at radius 1 is 1.47 bits per heavy atom. The Hall–Kier alpha value is -0.680. The first-order valence-corrected chi connectivity index (χ1v) is 8.48. The van der Waals surface area contributed by atoms with Gasteiger partial charge in [0, 0.05) is 13.6 Å². The smallest absolute Gasteiger partial charge is 0.158 e. The molecule has 3 rings (SSSR count). The van der Waals surface area contributed by atoms with Crippen LogP contribution in [0.3, 0.4) is 0 Å². The van der Waals surface area contributed by atoms with Crippen LogP contribution >= 0.6 is 23.4 Å². The second-order valence-corrected chi connectivity index (χ2v) is 6.52. The average molecular weight is 299 g/mol. The minimum absolute atomic E-state index is 0.470. The number of alkyl halides is 1. The van der Waals surface area contributed by atoms with Gasteiger partial charge in [-0.05, 0) is 30.3 Å². The van der Waals surface area contributed by atoms with Gasteiger partial charge in [-0.1, -0.05) is 6.92 Å². The van der Waals surface area contributed by atoms with Crippen LogP contribution in [-0.4, -0.2) is 30.8 Å². The fraction of sp³-hybridized carbons (Fsp3) is 0.692. The first-order valence-electron chi connectivity index (χ1n) is 6.79. The number of fused-ring (bicyclic) bond motifs is 1. The molecule has 1 unspecified atom stereocenters. The predicted molar refractivity (Wildman–Crippen MR) is 80.9 cm³/mol. The van der Waals surface area contributed by atoms with Crippen molar-refractivity contribution in [1.29, 1.82) is 0 Å². The molecule has 19 heavy (non-hydrogen) atoms. The van der Waals surface area contributed by atoms with Gasteiger partial charge in [-0.2, -0.15) is 16.9 Å². The monoisotopic (exact) mass is 298 g/mol. The topological polar surface area (TPSA) is 35.6 Å². The number of hydrogen-bond donors (Lipinski definition) is 0. The Morgan fingerprint density at radius 2 is 2.32 bits per heavy atom. The van der Waals surface area contributed by atoms with E-state index in [2.05, 4.69) is 16.6 Å². The van der Waals surface area contributed by atoms with Crippen molar-refractivity contribution < 1.29 is 0 Å². The second-order valence-electron chi connectivity index (χ2n) is 5.10. The Labute approximate surface area is 122 Å². The summed E-state index contributed by atoms with van der Waals surface area (Å²) in [6, 6.07) is 0. The fourth-order valence-electron chi connectivity index (χ4n) is 2.80. The number of aryl methyl sites for hydroxylation is 2. The van der Waals surface area contributed by atoms with Crippen molar-refractivity contribution in [2.45, 2.75) is 32.2 Å². The summed E-state index contributed by atoms with van der Waals surface area (Å²) in [6.45, 7) is 3.14. The largest absolute Gasteiger partial charge is 0.312 e. The molecule has 0 aliphatic carbocycles. The summed E-state index contributed by atoms with van der Waals surface area (Å²) in [6.07, 6.45) is 2.21. The average Bonchev–Trinajstić information content (AvgIpc) is 3.09. The molecule has 1 fully saturated rings. The zero-order valence-electron chi connectivity index (χ0n) is 11.4. The molecule has 0 radical (unpaired) electrons. The van der Waals surface area contributed by atoms with Crippen LogP contribution in [-0.2, 0) is 25.9 Å². The molecule has 0 amide bonds. The van der Waals surface area contributed by atoms with E-state index in [0.29, 0.717) is 5.88 Å². The van der Waals surface area contributed by atoms with E-state index in [0.717, 1.165) is 41.6 Å². The van der Waals surface area contributed by atoms with E-state index >= 15 is 0 Å². The summed E-state index contributed by atoms with van der Waals surface area (Å²) in [5.41, 5.74) is 3.24. The zero-order chi connectivity index (χ0) is 13.4. The second kappa shape index (κ2) is 5.37. The van der Waals surface area contributed by atoms with E-state index in [1.807, 2.05) is 23.5 Å². The number of rotatable bonds is 4. The summed E-state index contributed by atoms with van der Waals surface area (Å²) in [4.78, 5) is 4.71. The first-order chi connectivity index (χ1) is 9.24. The van der Waals surface area contributed by atoms with Gasteiger partial charge < -0.3 is 4.57 Å². The Morgan fingerprint density at radius 3 is 2.95 bits per heavy atom. The van der Waals surface area contributed by atoms with E-state index in [1.165, 1.54) is 17.9 Å². The van der Waals surface area contributed by atoms with Gasteiger partial charge in [0.1, 0.15) is 11.3 Å². The molecule has 3 heterocycles. The molecule has 2 aromatic heterocycles. The highest BCUT2D eigenvalue weighted by Crippen LogP contribution is 2.28. The van der Waals surface area contributed by atoms with Crippen molar-refractivity contribution in [3.63, 3.8) is 0 Å². The number of nitrogens with zero attached hydrogens (tertiary/aromatic N) is 4. The van der Waals surface area contributed by atoms with E-state index in [9.17, 15) is 0 Å². The third-order valence-corrected chi connectivity index (χ3v) is 5.26. The van der Waals surface area contributed by atoms with Gasteiger partial charge in [0.05, 0.1) is 11.6 Å². The number of aromatic nitrogens is 4. The van der Waals surface area contributed by atoms with E-state index in [-0.39, 0.29) is 0 Å². The molecule has 0 saturated carbocycles. The van der Waals surface area contributed by atoms with Crippen LogP contribution < -0.4 is 0 Å². The van der Waals surface area contributed by atoms with Crippen LogP contribution in [0.4, 0.5) is 0 Å². The van der Waals surface area contributed by atoms with Crippen LogP contribution in [0.25, 0.3) is 11.2 Å². The lowest BCUT2D eigenvalue weighted by molar-refractivity contribution is 0.486. The molecular formula is C13H19ClN4S. The van der Waals surface area contributed by atoms with Crippen molar-refractivity contribution in [2.24, 2.45) is 13.0 Å². The van der Waals surface area contributed by atoms with Crippen molar-refractivity contribution >= 4 is 34.5 Å². The number of halogens is 1. The highest BCUT2D eigenvalue weighted by molar-refractivity contribution is 7.99. The van der Waals surface area contributed by atoms with Crippen LogP contribution in [0.5, 0.6) is 0 Å². The van der Waals surface area contributed by atoms with Crippen molar-refractivity contribution in [1.82, 2.24) is 19.3 Å². The maximum Gasteiger partial charge on any atom is 0.158 e. The molecule has 0 N–H and O–H groups in total. The first kappa shape index (κ1) is 13.3. The molecule has 1 aliphatic heterocycles. The van der Waals surface area contributed by atoms with Gasteiger partial charge in [0.15, 0.2) is 5.65 Å². The van der Waals surface area contributed by atoms with E-state index in [4.69, 9.17) is 16.6 Å². The molecule has 1 aliphatic rings. The van der Waals surface area contributed by atoms with Crippen LogP contribution in [0.2, 0.25) is 0 Å². The lowest BCUT2D eigenvalue weighted by atomic mass is 10.1. The molecule has 0 spiro atoms. The number of thioether (sulfide) groups is 1.